The number of rotatable bonds is 8. The van der Waals surface area contributed by atoms with Gasteiger partial charge in [0, 0.05) is 31.0 Å². The molecule has 192 valence electrons. The summed E-state index contributed by atoms with van der Waals surface area (Å²) in [5, 5.41) is 17.6. The number of nitrogens with one attached hydrogen (secondary N) is 5. The molecular weight excluding hydrogens is 465 g/mol. The van der Waals surface area contributed by atoms with Crippen LogP contribution in [0.25, 0.3) is 11.2 Å². The highest BCUT2D eigenvalue weighted by Crippen LogP contribution is 2.35. The van der Waals surface area contributed by atoms with E-state index in [9.17, 15) is 14.0 Å². The second kappa shape index (κ2) is 10.8. The third-order valence-corrected chi connectivity index (χ3v) is 5.55. The molecule has 0 saturated heterocycles. The fraction of sp³-hybridized carbons (Fsp3) is 0.400. The molecule has 5 N–H and O–H groups in total. The van der Waals surface area contributed by atoms with Crippen LogP contribution in [0.3, 0.4) is 0 Å². The van der Waals surface area contributed by atoms with Crippen LogP contribution in [-0.2, 0) is 9.53 Å². The molecule has 0 unspecified atom stereocenters. The summed E-state index contributed by atoms with van der Waals surface area (Å²) in [6.45, 7) is 6.63. The maximum atomic E-state index is 13.5. The van der Waals surface area contributed by atoms with E-state index in [4.69, 9.17) is 5.41 Å². The minimum absolute atomic E-state index is 0.0881. The van der Waals surface area contributed by atoms with Gasteiger partial charge in [0.05, 0.1) is 23.0 Å². The molecule has 10 nitrogen and oxygen atoms in total. The maximum Gasteiger partial charge on any atom is 0.293 e. The van der Waals surface area contributed by atoms with Gasteiger partial charge in [0.1, 0.15) is 22.6 Å². The lowest BCUT2D eigenvalue weighted by molar-refractivity contribution is -0.138. The van der Waals surface area contributed by atoms with Crippen molar-refractivity contribution in [2.24, 2.45) is 0 Å². The molecule has 2 heterocycles. The molecule has 11 heteroatoms. The summed E-state index contributed by atoms with van der Waals surface area (Å²) in [5.41, 5.74) is 2.09. The molecule has 2 aromatic heterocycles. The van der Waals surface area contributed by atoms with Gasteiger partial charge in [-0.1, -0.05) is 0 Å². The van der Waals surface area contributed by atoms with Crippen LogP contribution in [0.15, 0.2) is 30.6 Å². The van der Waals surface area contributed by atoms with Crippen molar-refractivity contribution in [1.29, 1.82) is 5.41 Å². The molecule has 0 atom stereocenters. The largest absolute Gasteiger partial charge is 0.462 e. The topological polar surface area (TPSA) is 145 Å². The second-order valence-corrected chi connectivity index (χ2v) is 9.56. The Labute approximate surface area is 208 Å². The second-order valence-electron chi connectivity index (χ2n) is 9.56. The summed E-state index contributed by atoms with van der Waals surface area (Å²) >= 11 is 0. The van der Waals surface area contributed by atoms with Crippen LogP contribution in [0.1, 0.15) is 55.2 Å². The highest BCUT2D eigenvalue weighted by Gasteiger charge is 2.43. The number of fused-ring (bicyclic) bond motifs is 1. The summed E-state index contributed by atoms with van der Waals surface area (Å²) in [5.74, 6) is -0.618. The number of halogens is 1. The fourth-order valence-electron chi connectivity index (χ4n) is 3.55. The molecular formula is C25H32FN7O3. The molecule has 1 aromatic carbocycles. The molecule has 1 saturated carbocycles. The summed E-state index contributed by atoms with van der Waals surface area (Å²) < 4.78 is 18.1. The number of carbonyl (C=O) groups is 2. The summed E-state index contributed by atoms with van der Waals surface area (Å²) in [4.78, 5) is 34.2. The van der Waals surface area contributed by atoms with Crippen molar-refractivity contribution in [3.63, 3.8) is 0 Å². The van der Waals surface area contributed by atoms with E-state index < -0.39 is 5.82 Å². The van der Waals surface area contributed by atoms with E-state index in [0.717, 1.165) is 12.8 Å². The Bertz CT molecular complexity index is 1260. The van der Waals surface area contributed by atoms with Gasteiger partial charge in [-0.3, -0.25) is 15.0 Å². The van der Waals surface area contributed by atoms with Crippen LogP contribution in [0.4, 0.5) is 10.1 Å². The zero-order valence-electron chi connectivity index (χ0n) is 21.1. The van der Waals surface area contributed by atoms with Crippen molar-refractivity contribution >= 4 is 34.9 Å². The number of hydrogen-bond donors (Lipinski definition) is 5. The van der Waals surface area contributed by atoms with Gasteiger partial charge in [0.25, 0.3) is 12.4 Å². The monoisotopic (exact) mass is 497 g/mol. The highest BCUT2D eigenvalue weighted by atomic mass is 19.1. The third-order valence-electron chi connectivity index (χ3n) is 5.55. The Hall–Kier alpha value is -3.86. The van der Waals surface area contributed by atoms with Crippen molar-refractivity contribution in [2.45, 2.75) is 44.8 Å². The number of aromatic amines is 1. The molecule has 36 heavy (non-hydrogen) atoms. The molecule has 0 spiro atoms. The van der Waals surface area contributed by atoms with Crippen LogP contribution in [0.2, 0.25) is 0 Å². The fourth-order valence-corrected chi connectivity index (χ4v) is 3.55. The Morgan fingerprint density at radius 3 is 2.56 bits per heavy atom. The SMILES string of the molecule is CC(C)(C)OC=O.CNCC1(NC(=O)c2c[nH]c3ncc(C(=N)c4ccc(F)cc4NC)nc23)CC1. The van der Waals surface area contributed by atoms with Crippen LogP contribution in [0.5, 0.6) is 0 Å². The molecule has 3 aromatic rings. The Morgan fingerprint density at radius 2 is 2.00 bits per heavy atom. The average molecular weight is 498 g/mol. The summed E-state index contributed by atoms with van der Waals surface area (Å²) in [6.07, 6.45) is 4.91. The van der Waals surface area contributed by atoms with Gasteiger partial charge in [-0.15, -0.1) is 0 Å². The molecule has 4 rings (SSSR count). The first-order valence-electron chi connectivity index (χ1n) is 11.5. The van der Waals surface area contributed by atoms with Crippen molar-refractivity contribution in [3.8, 4) is 0 Å². The highest BCUT2D eigenvalue weighted by molar-refractivity contribution is 6.14. The normalized spacial score (nSPS) is 13.8. The van der Waals surface area contributed by atoms with Crippen LogP contribution in [0, 0.1) is 11.2 Å². The molecule has 1 fully saturated rings. The van der Waals surface area contributed by atoms with E-state index in [0.29, 0.717) is 46.7 Å². The van der Waals surface area contributed by atoms with Crippen LogP contribution >= 0.6 is 0 Å². The van der Waals surface area contributed by atoms with Gasteiger partial charge < -0.3 is 25.7 Å². The van der Waals surface area contributed by atoms with Gasteiger partial charge in [-0.05, 0) is 58.9 Å². The number of anilines is 1. The number of likely N-dealkylation sites (N-methyl/N-ethyl adjacent to an activating group) is 1. The zero-order chi connectivity index (χ0) is 26.5. The first-order valence-corrected chi connectivity index (χ1v) is 11.5. The maximum absolute atomic E-state index is 13.5. The summed E-state index contributed by atoms with van der Waals surface area (Å²) in [6, 6.07) is 4.14. The van der Waals surface area contributed by atoms with E-state index in [1.165, 1.54) is 24.4 Å². The van der Waals surface area contributed by atoms with Gasteiger partial charge in [-0.2, -0.15) is 0 Å². The van der Waals surface area contributed by atoms with Gasteiger partial charge in [-0.25, -0.2) is 14.4 Å². The van der Waals surface area contributed by atoms with Crippen LogP contribution in [-0.4, -0.2) is 64.8 Å². The third kappa shape index (κ3) is 6.42. The minimum Gasteiger partial charge on any atom is -0.462 e. The van der Waals surface area contributed by atoms with E-state index >= 15 is 0 Å². The number of amides is 1. The number of benzene rings is 1. The van der Waals surface area contributed by atoms with Gasteiger partial charge in [0.15, 0.2) is 5.65 Å². The average Bonchev–Trinajstić information content (AvgIpc) is 3.43. The van der Waals surface area contributed by atoms with E-state index in [1.54, 1.807) is 13.2 Å². The zero-order valence-corrected chi connectivity index (χ0v) is 21.1. The number of carbonyl (C=O) groups excluding carboxylic acids is 2. The van der Waals surface area contributed by atoms with E-state index in [2.05, 4.69) is 35.6 Å². The van der Waals surface area contributed by atoms with Crippen LogP contribution < -0.4 is 16.0 Å². The number of nitrogens with zero attached hydrogens (tertiary/aromatic N) is 2. The smallest absolute Gasteiger partial charge is 0.293 e. The lowest BCUT2D eigenvalue weighted by Gasteiger charge is -2.16. The standard InChI is InChI=1S/C20H22FN7O.C5H10O2/c1-23-10-20(5-6-20)28-19(29)13-8-25-18-17(13)27-15(9-26-18)16(22)12-4-3-11(21)7-14(12)24-2;1-5(2,3)7-4-6/h3-4,7-9,22-24H,5-6,10H2,1-2H3,(H,25,26)(H,28,29);4H,1-3H3. The van der Waals surface area contributed by atoms with Crippen molar-refractivity contribution in [1.82, 2.24) is 25.6 Å². The van der Waals surface area contributed by atoms with E-state index in [-0.39, 0.29) is 22.8 Å². The number of hydrogen-bond acceptors (Lipinski definition) is 8. The van der Waals surface area contributed by atoms with E-state index in [1.807, 2.05) is 27.8 Å². The summed E-state index contributed by atoms with van der Waals surface area (Å²) in [7, 11) is 3.52. The first kappa shape index (κ1) is 26.7. The van der Waals surface area contributed by atoms with Gasteiger partial charge >= 0.3 is 0 Å². The molecule has 0 bridgehead atoms. The minimum atomic E-state index is -0.396. The number of ether oxygens (including phenoxy) is 1. The molecule has 0 radical (unpaired) electrons. The molecule has 0 aliphatic heterocycles. The molecule has 1 aliphatic carbocycles. The Balaban J connectivity index is 0.000000454. The Kier molecular flexibility index (Phi) is 8.03. The molecule has 1 amide bonds. The first-order chi connectivity index (χ1) is 17.0. The Morgan fingerprint density at radius 1 is 1.28 bits per heavy atom. The quantitative estimate of drug-likeness (QED) is 0.238. The lowest BCUT2D eigenvalue weighted by atomic mass is 10.1. The number of aromatic nitrogens is 3. The predicted octanol–water partition coefficient (Wildman–Crippen LogP) is 2.99. The van der Waals surface area contributed by atoms with Crippen molar-refractivity contribution in [3.05, 3.63) is 53.2 Å². The van der Waals surface area contributed by atoms with Crippen molar-refractivity contribution in [2.75, 3.05) is 26.0 Å². The van der Waals surface area contributed by atoms with Crippen molar-refractivity contribution < 1.29 is 18.7 Å². The lowest BCUT2D eigenvalue weighted by Crippen LogP contribution is -2.43. The molecule has 1 aliphatic rings. The predicted molar refractivity (Wildman–Crippen MR) is 136 cm³/mol. The van der Waals surface area contributed by atoms with Gasteiger partial charge in [0.2, 0.25) is 0 Å². The number of H-pyrrole nitrogens is 1.